The molecule has 0 aromatic heterocycles. The molecule has 2 aromatic carbocycles. The lowest BCUT2D eigenvalue weighted by Gasteiger charge is -2.10. The second kappa shape index (κ2) is 8.57. The number of aryl methyl sites for hydroxylation is 2. The van der Waals surface area contributed by atoms with Crippen LogP contribution in [0.4, 0.5) is 30.2 Å². The molecule has 138 valence electrons. The first-order valence-corrected chi connectivity index (χ1v) is 7.76. The maximum absolute atomic E-state index is 12.0. The third kappa shape index (κ3) is 6.64. The molecular formula is C18H18F3N3O2. The smallest absolute Gasteiger partial charge is 0.362 e. The van der Waals surface area contributed by atoms with Gasteiger partial charge in [0.1, 0.15) is 18.9 Å². The van der Waals surface area contributed by atoms with Gasteiger partial charge in [0.05, 0.1) is 11.4 Å². The number of benzene rings is 2. The largest absolute Gasteiger partial charge is 0.411 e. The number of carbonyl (C=O) groups excluding carboxylic acids is 1. The second-order valence-electron chi connectivity index (χ2n) is 5.71. The van der Waals surface area contributed by atoms with Crippen LogP contribution in [0.15, 0.2) is 52.7 Å². The SMILES string of the molecule is Cc1ccc(N=Nc2cc(C)ccc2NC(=O)COCC(F)(F)F)cc1. The number of nitrogens with one attached hydrogen (secondary N) is 1. The van der Waals surface area contributed by atoms with Crippen molar-refractivity contribution in [2.45, 2.75) is 20.0 Å². The number of alkyl halides is 3. The number of azo groups is 1. The number of carbonyl (C=O) groups is 1. The maximum atomic E-state index is 12.0. The summed E-state index contributed by atoms with van der Waals surface area (Å²) in [6, 6.07) is 12.5. The molecule has 5 nitrogen and oxygen atoms in total. The molecule has 0 saturated heterocycles. The van der Waals surface area contributed by atoms with Gasteiger partial charge in [-0.3, -0.25) is 4.79 Å². The summed E-state index contributed by atoms with van der Waals surface area (Å²) in [5, 5.41) is 10.7. The number of anilines is 1. The van der Waals surface area contributed by atoms with Crippen LogP contribution in [-0.2, 0) is 9.53 Å². The molecule has 2 aromatic rings. The molecule has 0 spiro atoms. The van der Waals surface area contributed by atoms with Gasteiger partial charge in [0.25, 0.3) is 0 Å². The predicted molar refractivity (Wildman–Crippen MR) is 92.0 cm³/mol. The van der Waals surface area contributed by atoms with Gasteiger partial charge in [-0.15, -0.1) is 5.11 Å². The van der Waals surface area contributed by atoms with E-state index >= 15 is 0 Å². The van der Waals surface area contributed by atoms with Crippen molar-refractivity contribution in [3.63, 3.8) is 0 Å². The van der Waals surface area contributed by atoms with Crippen molar-refractivity contribution < 1.29 is 22.7 Å². The van der Waals surface area contributed by atoms with Crippen LogP contribution in [0.3, 0.4) is 0 Å². The molecule has 0 atom stereocenters. The van der Waals surface area contributed by atoms with E-state index in [0.29, 0.717) is 17.1 Å². The molecule has 0 heterocycles. The number of ether oxygens (including phenoxy) is 1. The molecule has 0 aliphatic heterocycles. The van der Waals surface area contributed by atoms with Crippen LogP contribution < -0.4 is 5.32 Å². The molecule has 1 amide bonds. The van der Waals surface area contributed by atoms with E-state index in [1.165, 1.54) is 0 Å². The standard InChI is InChI=1S/C18H18F3N3O2/c1-12-3-6-14(7-4-12)23-24-16-9-13(2)5-8-15(16)22-17(25)10-26-11-18(19,20)21/h3-9H,10-11H2,1-2H3,(H,22,25). The van der Waals surface area contributed by atoms with Gasteiger partial charge in [-0.1, -0.05) is 23.8 Å². The second-order valence-corrected chi connectivity index (χ2v) is 5.71. The number of halogens is 3. The fraction of sp³-hybridized carbons (Fsp3) is 0.278. The first kappa shape index (κ1) is 19.6. The zero-order chi connectivity index (χ0) is 19.2. The van der Waals surface area contributed by atoms with E-state index in [4.69, 9.17) is 0 Å². The Labute approximate surface area is 148 Å². The van der Waals surface area contributed by atoms with Crippen molar-refractivity contribution in [3.8, 4) is 0 Å². The Morgan fingerprint density at radius 1 is 1.04 bits per heavy atom. The molecule has 0 aliphatic rings. The number of nitrogens with zero attached hydrogens (tertiary/aromatic N) is 2. The quantitative estimate of drug-likeness (QED) is 0.712. The topological polar surface area (TPSA) is 63.0 Å². The van der Waals surface area contributed by atoms with Crippen molar-refractivity contribution in [1.29, 1.82) is 0 Å². The van der Waals surface area contributed by atoms with E-state index in [2.05, 4.69) is 20.3 Å². The highest BCUT2D eigenvalue weighted by Gasteiger charge is 2.27. The van der Waals surface area contributed by atoms with Gasteiger partial charge < -0.3 is 10.1 Å². The van der Waals surface area contributed by atoms with Crippen LogP contribution in [0, 0.1) is 13.8 Å². The van der Waals surface area contributed by atoms with E-state index in [1.807, 2.05) is 26.0 Å². The summed E-state index contributed by atoms with van der Waals surface area (Å²) >= 11 is 0. The molecule has 0 bridgehead atoms. The lowest BCUT2D eigenvalue weighted by molar-refractivity contribution is -0.174. The molecule has 0 fully saturated rings. The van der Waals surface area contributed by atoms with E-state index in [1.54, 1.807) is 30.3 Å². The Hall–Kier alpha value is -2.74. The normalized spacial score (nSPS) is 11.7. The zero-order valence-corrected chi connectivity index (χ0v) is 14.3. The zero-order valence-electron chi connectivity index (χ0n) is 14.3. The fourth-order valence-corrected chi connectivity index (χ4v) is 2.00. The first-order valence-electron chi connectivity index (χ1n) is 7.76. The van der Waals surface area contributed by atoms with Crippen molar-refractivity contribution in [1.82, 2.24) is 0 Å². The molecule has 0 unspecified atom stereocenters. The van der Waals surface area contributed by atoms with Gasteiger partial charge in [0.2, 0.25) is 5.91 Å². The predicted octanol–water partition coefficient (Wildman–Crippen LogP) is 5.24. The first-order chi connectivity index (χ1) is 12.2. The molecule has 2 rings (SSSR count). The van der Waals surface area contributed by atoms with Gasteiger partial charge >= 0.3 is 6.18 Å². The van der Waals surface area contributed by atoms with Crippen LogP contribution in [0.1, 0.15) is 11.1 Å². The lowest BCUT2D eigenvalue weighted by atomic mass is 10.2. The van der Waals surface area contributed by atoms with E-state index in [0.717, 1.165) is 11.1 Å². The Bertz CT molecular complexity index is 787. The average molecular weight is 365 g/mol. The average Bonchev–Trinajstić information content (AvgIpc) is 2.55. The molecular weight excluding hydrogens is 347 g/mol. The van der Waals surface area contributed by atoms with Crippen molar-refractivity contribution in [3.05, 3.63) is 53.6 Å². The molecule has 26 heavy (non-hydrogen) atoms. The van der Waals surface area contributed by atoms with Crippen molar-refractivity contribution >= 4 is 23.0 Å². The van der Waals surface area contributed by atoms with Gasteiger partial charge in [-0.2, -0.15) is 18.3 Å². The Morgan fingerprint density at radius 3 is 2.35 bits per heavy atom. The summed E-state index contributed by atoms with van der Waals surface area (Å²) in [7, 11) is 0. The minimum absolute atomic E-state index is 0.340. The van der Waals surface area contributed by atoms with E-state index in [-0.39, 0.29) is 0 Å². The number of rotatable bonds is 6. The Kier molecular flexibility index (Phi) is 6.46. The highest BCUT2D eigenvalue weighted by atomic mass is 19.4. The number of hydrogen-bond acceptors (Lipinski definition) is 4. The lowest BCUT2D eigenvalue weighted by Crippen LogP contribution is -2.24. The van der Waals surface area contributed by atoms with Crippen LogP contribution in [0.5, 0.6) is 0 Å². The third-order valence-corrected chi connectivity index (χ3v) is 3.23. The van der Waals surface area contributed by atoms with Crippen LogP contribution >= 0.6 is 0 Å². The highest BCUT2D eigenvalue weighted by molar-refractivity contribution is 5.94. The van der Waals surface area contributed by atoms with E-state index < -0.39 is 25.3 Å². The van der Waals surface area contributed by atoms with Crippen LogP contribution in [-0.4, -0.2) is 25.3 Å². The van der Waals surface area contributed by atoms with Crippen molar-refractivity contribution in [2.75, 3.05) is 18.5 Å². The van der Waals surface area contributed by atoms with Gasteiger partial charge in [-0.25, -0.2) is 0 Å². The van der Waals surface area contributed by atoms with E-state index in [9.17, 15) is 18.0 Å². The maximum Gasteiger partial charge on any atom is 0.411 e. The van der Waals surface area contributed by atoms with Crippen LogP contribution in [0.2, 0.25) is 0 Å². The van der Waals surface area contributed by atoms with Crippen LogP contribution in [0.25, 0.3) is 0 Å². The highest BCUT2D eigenvalue weighted by Crippen LogP contribution is 2.28. The van der Waals surface area contributed by atoms with Crippen molar-refractivity contribution in [2.24, 2.45) is 10.2 Å². The summed E-state index contributed by atoms with van der Waals surface area (Å²) < 4.78 is 40.5. The van der Waals surface area contributed by atoms with Gasteiger partial charge in [0, 0.05) is 0 Å². The summed E-state index contributed by atoms with van der Waals surface area (Å²) in [5.74, 6) is -0.704. The molecule has 1 N–H and O–H groups in total. The summed E-state index contributed by atoms with van der Waals surface area (Å²) in [5.41, 5.74) is 3.37. The third-order valence-electron chi connectivity index (χ3n) is 3.23. The number of hydrogen-bond donors (Lipinski definition) is 1. The summed E-state index contributed by atoms with van der Waals surface area (Å²) in [6.07, 6.45) is -4.47. The minimum atomic E-state index is -4.47. The molecule has 8 heteroatoms. The fourth-order valence-electron chi connectivity index (χ4n) is 2.00. The minimum Gasteiger partial charge on any atom is -0.362 e. The number of amides is 1. The summed E-state index contributed by atoms with van der Waals surface area (Å²) in [6.45, 7) is 1.62. The molecule has 0 radical (unpaired) electrons. The summed E-state index contributed by atoms with van der Waals surface area (Å²) in [4.78, 5) is 11.8. The van der Waals surface area contributed by atoms with Gasteiger partial charge in [-0.05, 0) is 43.7 Å². The van der Waals surface area contributed by atoms with Gasteiger partial charge in [0.15, 0.2) is 0 Å². The Morgan fingerprint density at radius 2 is 1.69 bits per heavy atom. The molecule has 0 saturated carbocycles. The monoisotopic (exact) mass is 365 g/mol. The Balaban J connectivity index is 2.07. The molecule has 0 aliphatic carbocycles.